The molecule has 1 aliphatic heterocycles. The number of esters is 1. The molecule has 0 spiro atoms. The van der Waals surface area contributed by atoms with E-state index in [-0.39, 0.29) is 18.4 Å². The third-order valence-corrected chi connectivity index (χ3v) is 7.57. The van der Waals surface area contributed by atoms with E-state index in [9.17, 15) is 4.79 Å². The first-order valence-electron chi connectivity index (χ1n) is 9.42. The molecule has 3 N–H and O–H groups in total. The van der Waals surface area contributed by atoms with Gasteiger partial charge in [-0.15, -0.1) is 23.5 Å². The van der Waals surface area contributed by atoms with Gasteiger partial charge in [0.15, 0.2) is 12.4 Å². The van der Waals surface area contributed by atoms with Crippen LogP contribution in [-0.4, -0.2) is 32.4 Å². The topological polar surface area (TPSA) is 103 Å². The SMILES string of the molecule is Cc1ccccc1Nc1nc(N)nc(COC(=O)c2ccc(C3SCCS3)cc2)n1. The number of anilines is 3. The van der Waals surface area contributed by atoms with Crippen molar-refractivity contribution in [1.82, 2.24) is 15.0 Å². The second-order valence-electron chi connectivity index (χ2n) is 6.65. The normalized spacial score (nSPS) is 13.9. The van der Waals surface area contributed by atoms with Crippen LogP contribution in [0.15, 0.2) is 48.5 Å². The third kappa shape index (κ3) is 5.03. The summed E-state index contributed by atoms with van der Waals surface area (Å²) in [7, 11) is 0. The van der Waals surface area contributed by atoms with Gasteiger partial charge < -0.3 is 15.8 Å². The number of thioether (sulfide) groups is 2. The highest BCUT2D eigenvalue weighted by Crippen LogP contribution is 2.45. The minimum Gasteiger partial charge on any atom is -0.454 e. The summed E-state index contributed by atoms with van der Waals surface area (Å²) in [5.41, 5.74) is 9.42. The van der Waals surface area contributed by atoms with Crippen molar-refractivity contribution in [2.45, 2.75) is 18.1 Å². The Morgan fingerprint density at radius 2 is 1.83 bits per heavy atom. The molecular weight excluding hydrogens is 418 g/mol. The summed E-state index contributed by atoms with van der Waals surface area (Å²) in [6.45, 7) is 1.88. The molecule has 0 bridgehead atoms. The van der Waals surface area contributed by atoms with Crippen molar-refractivity contribution in [1.29, 1.82) is 0 Å². The lowest BCUT2D eigenvalue weighted by molar-refractivity contribution is 0.0462. The zero-order valence-electron chi connectivity index (χ0n) is 16.4. The van der Waals surface area contributed by atoms with Gasteiger partial charge in [0.25, 0.3) is 0 Å². The molecule has 2 aromatic carbocycles. The fourth-order valence-electron chi connectivity index (χ4n) is 2.93. The van der Waals surface area contributed by atoms with Crippen molar-refractivity contribution in [2.75, 3.05) is 22.6 Å². The maximum Gasteiger partial charge on any atom is 0.338 e. The number of benzene rings is 2. The second kappa shape index (κ2) is 9.36. The van der Waals surface area contributed by atoms with Gasteiger partial charge in [0.05, 0.1) is 10.1 Å². The highest BCUT2D eigenvalue weighted by Gasteiger charge is 2.19. The van der Waals surface area contributed by atoms with E-state index in [1.807, 2.05) is 66.8 Å². The molecule has 4 rings (SSSR count). The number of nitrogen functional groups attached to an aromatic ring is 1. The standard InChI is InChI=1S/C21H21N5O2S2/c1-13-4-2-3-5-16(13)23-21-25-17(24-20(22)26-21)12-28-18(27)14-6-8-15(9-7-14)19-29-10-11-30-19/h2-9,19H,10-12H2,1H3,(H3,22,23,24,25,26). The Morgan fingerprint density at radius 3 is 2.57 bits per heavy atom. The molecule has 7 nitrogen and oxygen atoms in total. The second-order valence-corrected chi connectivity index (χ2v) is 9.37. The van der Waals surface area contributed by atoms with Crippen molar-refractivity contribution in [2.24, 2.45) is 0 Å². The molecule has 3 aromatic rings. The van der Waals surface area contributed by atoms with Gasteiger partial charge in [-0.25, -0.2) is 4.79 Å². The molecule has 30 heavy (non-hydrogen) atoms. The van der Waals surface area contributed by atoms with E-state index in [0.717, 1.165) is 22.8 Å². The number of carbonyl (C=O) groups excluding carboxylic acids is 1. The van der Waals surface area contributed by atoms with Crippen LogP contribution in [0.4, 0.5) is 17.6 Å². The van der Waals surface area contributed by atoms with Crippen LogP contribution >= 0.6 is 23.5 Å². The first-order valence-corrected chi connectivity index (χ1v) is 11.5. The van der Waals surface area contributed by atoms with Crippen LogP contribution in [0.25, 0.3) is 0 Å². The number of nitrogens with one attached hydrogen (secondary N) is 1. The third-order valence-electron chi connectivity index (χ3n) is 4.46. The monoisotopic (exact) mass is 439 g/mol. The Balaban J connectivity index is 1.40. The van der Waals surface area contributed by atoms with Crippen molar-refractivity contribution < 1.29 is 9.53 Å². The van der Waals surface area contributed by atoms with Gasteiger partial charge >= 0.3 is 5.97 Å². The molecule has 0 amide bonds. The Bertz CT molecular complexity index is 1040. The molecule has 9 heteroatoms. The molecule has 154 valence electrons. The number of ether oxygens (including phenoxy) is 1. The molecular formula is C21H21N5O2S2. The highest BCUT2D eigenvalue weighted by atomic mass is 32.2. The van der Waals surface area contributed by atoms with Crippen LogP contribution in [0.2, 0.25) is 0 Å². The van der Waals surface area contributed by atoms with Crippen LogP contribution in [0.5, 0.6) is 0 Å². The number of nitrogens with zero attached hydrogens (tertiary/aromatic N) is 3. The predicted molar refractivity (Wildman–Crippen MR) is 122 cm³/mol. The Kier molecular flexibility index (Phi) is 6.39. The molecule has 0 saturated carbocycles. The average molecular weight is 440 g/mol. The lowest BCUT2D eigenvalue weighted by Crippen LogP contribution is -2.11. The largest absolute Gasteiger partial charge is 0.454 e. The van der Waals surface area contributed by atoms with Crippen molar-refractivity contribution in [3.05, 3.63) is 71.0 Å². The fraction of sp³-hybridized carbons (Fsp3) is 0.238. The predicted octanol–water partition coefficient (Wildman–Crippen LogP) is 4.34. The maximum atomic E-state index is 12.4. The van der Waals surface area contributed by atoms with E-state index < -0.39 is 5.97 Å². The molecule has 1 aromatic heterocycles. The molecule has 1 fully saturated rings. The number of carbonyl (C=O) groups is 1. The Hall–Kier alpha value is -2.78. The summed E-state index contributed by atoms with van der Waals surface area (Å²) in [6.07, 6.45) is 0. The zero-order valence-corrected chi connectivity index (χ0v) is 18.0. The highest BCUT2D eigenvalue weighted by molar-refractivity contribution is 8.19. The minimum atomic E-state index is -0.430. The van der Waals surface area contributed by atoms with Gasteiger partial charge in [0.1, 0.15) is 0 Å². The lowest BCUT2D eigenvalue weighted by atomic mass is 10.1. The van der Waals surface area contributed by atoms with Gasteiger partial charge in [-0.3, -0.25) is 0 Å². The molecule has 1 aliphatic rings. The van der Waals surface area contributed by atoms with Crippen LogP contribution in [0, 0.1) is 6.92 Å². The minimum absolute atomic E-state index is 0.0584. The van der Waals surface area contributed by atoms with Crippen LogP contribution in [-0.2, 0) is 11.3 Å². The molecule has 0 aliphatic carbocycles. The Labute approximate surface area is 183 Å². The first kappa shape index (κ1) is 20.5. The molecule has 2 heterocycles. The molecule has 0 radical (unpaired) electrons. The quantitative estimate of drug-likeness (QED) is 0.543. The fourth-order valence-corrected chi connectivity index (χ4v) is 5.79. The number of aromatic nitrogens is 3. The number of para-hydroxylation sites is 1. The van der Waals surface area contributed by atoms with Crippen LogP contribution < -0.4 is 11.1 Å². The molecule has 0 atom stereocenters. The summed E-state index contributed by atoms with van der Waals surface area (Å²) >= 11 is 3.86. The van der Waals surface area contributed by atoms with E-state index >= 15 is 0 Å². The summed E-state index contributed by atoms with van der Waals surface area (Å²) in [4.78, 5) is 24.9. The van der Waals surface area contributed by atoms with Crippen molar-refractivity contribution in [3.8, 4) is 0 Å². The van der Waals surface area contributed by atoms with Gasteiger partial charge in [0, 0.05) is 17.2 Å². The molecule has 1 saturated heterocycles. The number of rotatable bonds is 6. The van der Waals surface area contributed by atoms with Crippen molar-refractivity contribution >= 4 is 47.1 Å². The van der Waals surface area contributed by atoms with E-state index in [0.29, 0.717) is 16.1 Å². The van der Waals surface area contributed by atoms with Gasteiger partial charge in [0.2, 0.25) is 11.9 Å². The van der Waals surface area contributed by atoms with Crippen LogP contribution in [0.1, 0.15) is 31.9 Å². The zero-order chi connectivity index (χ0) is 20.9. The smallest absolute Gasteiger partial charge is 0.338 e. The van der Waals surface area contributed by atoms with Gasteiger partial charge in [-0.1, -0.05) is 30.3 Å². The van der Waals surface area contributed by atoms with Crippen LogP contribution in [0.3, 0.4) is 0 Å². The number of nitrogens with two attached hydrogens (primary N) is 1. The number of hydrogen-bond donors (Lipinski definition) is 2. The average Bonchev–Trinajstić information content (AvgIpc) is 3.28. The summed E-state index contributed by atoms with van der Waals surface area (Å²) < 4.78 is 5.82. The number of aryl methyl sites for hydroxylation is 1. The van der Waals surface area contributed by atoms with E-state index in [1.54, 1.807) is 12.1 Å². The molecule has 0 unspecified atom stereocenters. The number of hydrogen-bond acceptors (Lipinski definition) is 9. The Morgan fingerprint density at radius 1 is 1.10 bits per heavy atom. The maximum absolute atomic E-state index is 12.4. The first-order chi connectivity index (χ1) is 14.6. The van der Waals surface area contributed by atoms with E-state index in [1.165, 1.54) is 5.56 Å². The van der Waals surface area contributed by atoms with Gasteiger partial charge in [-0.05, 0) is 36.2 Å². The van der Waals surface area contributed by atoms with Gasteiger partial charge in [-0.2, -0.15) is 15.0 Å². The lowest BCUT2D eigenvalue weighted by Gasteiger charge is -2.10. The summed E-state index contributed by atoms with van der Waals surface area (Å²) in [5.74, 6) is 2.54. The van der Waals surface area contributed by atoms with E-state index in [4.69, 9.17) is 10.5 Å². The van der Waals surface area contributed by atoms with Crippen molar-refractivity contribution in [3.63, 3.8) is 0 Å². The van der Waals surface area contributed by atoms with E-state index in [2.05, 4.69) is 20.3 Å². The summed E-state index contributed by atoms with van der Waals surface area (Å²) in [5, 5.41) is 3.12. The summed E-state index contributed by atoms with van der Waals surface area (Å²) in [6, 6.07) is 15.3.